The third kappa shape index (κ3) is 3.22. The zero-order valence-corrected chi connectivity index (χ0v) is 16.0. The predicted octanol–water partition coefficient (Wildman–Crippen LogP) is 2.76. The van der Waals surface area contributed by atoms with Crippen molar-refractivity contribution in [3.8, 4) is 0 Å². The molecule has 0 saturated carbocycles. The fourth-order valence-corrected chi connectivity index (χ4v) is 4.15. The Balaban J connectivity index is 1.78. The van der Waals surface area contributed by atoms with Crippen LogP contribution in [0.5, 0.6) is 0 Å². The van der Waals surface area contributed by atoms with Gasteiger partial charge in [-0.1, -0.05) is 6.92 Å². The molecular weight excluding hydrogens is 314 g/mol. The summed E-state index contributed by atoms with van der Waals surface area (Å²) in [6, 6.07) is 0.332. The van der Waals surface area contributed by atoms with Crippen molar-refractivity contribution >= 4 is 5.91 Å². The molecular formula is C19H29N5O. The third-order valence-electron chi connectivity index (χ3n) is 5.54. The lowest BCUT2D eigenvalue weighted by molar-refractivity contribution is -0.134. The van der Waals surface area contributed by atoms with Gasteiger partial charge in [0.25, 0.3) is 0 Å². The number of imidazole rings is 1. The largest absolute Gasteiger partial charge is 0.340 e. The number of rotatable bonds is 4. The first-order chi connectivity index (χ1) is 11.9. The van der Waals surface area contributed by atoms with Crippen molar-refractivity contribution in [2.75, 3.05) is 13.1 Å². The van der Waals surface area contributed by atoms with Gasteiger partial charge in [-0.15, -0.1) is 0 Å². The number of hydrogen-bond donors (Lipinski definition) is 0. The van der Waals surface area contributed by atoms with Crippen molar-refractivity contribution in [2.45, 2.75) is 58.9 Å². The van der Waals surface area contributed by atoms with Crippen LogP contribution in [0.15, 0.2) is 12.4 Å². The van der Waals surface area contributed by atoms with Crippen LogP contribution in [0.2, 0.25) is 0 Å². The van der Waals surface area contributed by atoms with Gasteiger partial charge >= 0.3 is 0 Å². The first kappa shape index (κ1) is 17.7. The van der Waals surface area contributed by atoms with Crippen molar-refractivity contribution in [2.24, 2.45) is 7.05 Å². The van der Waals surface area contributed by atoms with Crippen LogP contribution in [0, 0.1) is 13.8 Å². The summed E-state index contributed by atoms with van der Waals surface area (Å²) < 4.78 is 4.12. The molecule has 0 unspecified atom stereocenters. The summed E-state index contributed by atoms with van der Waals surface area (Å²) in [5, 5.41) is 4.47. The van der Waals surface area contributed by atoms with Gasteiger partial charge in [0.05, 0.1) is 17.7 Å². The molecule has 0 N–H and O–H groups in total. The van der Waals surface area contributed by atoms with Crippen molar-refractivity contribution in [3.05, 3.63) is 35.2 Å². The molecule has 3 heterocycles. The van der Waals surface area contributed by atoms with E-state index in [0.717, 1.165) is 55.1 Å². The zero-order valence-electron chi connectivity index (χ0n) is 16.0. The lowest BCUT2D eigenvalue weighted by Crippen LogP contribution is -2.42. The predicted molar refractivity (Wildman–Crippen MR) is 97.6 cm³/mol. The van der Waals surface area contributed by atoms with Gasteiger partial charge in [0.1, 0.15) is 5.82 Å². The highest BCUT2D eigenvalue weighted by Crippen LogP contribution is 2.29. The van der Waals surface area contributed by atoms with Crippen molar-refractivity contribution in [3.63, 3.8) is 0 Å². The second-order valence-corrected chi connectivity index (χ2v) is 7.11. The Morgan fingerprint density at radius 2 is 2.16 bits per heavy atom. The Labute approximate surface area is 149 Å². The smallest absolute Gasteiger partial charge is 0.230 e. The van der Waals surface area contributed by atoms with Crippen LogP contribution in [-0.2, 0) is 18.3 Å². The van der Waals surface area contributed by atoms with Crippen LogP contribution in [-0.4, -0.2) is 43.2 Å². The molecule has 3 rings (SSSR count). The van der Waals surface area contributed by atoms with Gasteiger partial charge in [0.2, 0.25) is 5.91 Å². The molecule has 1 aliphatic rings. The highest BCUT2D eigenvalue weighted by molar-refractivity contribution is 5.84. The van der Waals surface area contributed by atoms with Crippen molar-refractivity contribution < 1.29 is 4.79 Å². The number of aryl methyl sites for hydroxylation is 3. The molecule has 0 aromatic carbocycles. The minimum atomic E-state index is -0.152. The fourth-order valence-electron chi connectivity index (χ4n) is 4.15. The Bertz CT molecular complexity index is 760. The summed E-state index contributed by atoms with van der Waals surface area (Å²) in [6.45, 7) is 9.78. The highest BCUT2D eigenvalue weighted by Gasteiger charge is 2.31. The maximum atomic E-state index is 13.1. The topological polar surface area (TPSA) is 56.0 Å². The fraction of sp³-hybridized carbons (Fsp3) is 0.632. The Hall–Kier alpha value is -2.11. The summed E-state index contributed by atoms with van der Waals surface area (Å²) >= 11 is 0. The standard InChI is InChI=1S/C19H29N5O/c1-6-17-20-9-11-24(17)16-8-7-10-23(12-16)19(25)13(2)18-14(3)21-22(5)15(18)4/h9,11,13,16H,6-8,10,12H2,1-5H3/t13-,16+/m1/s1. The minimum Gasteiger partial charge on any atom is -0.340 e. The molecule has 2 aromatic rings. The van der Waals surface area contributed by atoms with Crippen LogP contribution in [0.3, 0.4) is 0 Å². The van der Waals surface area contributed by atoms with E-state index in [9.17, 15) is 4.79 Å². The summed E-state index contributed by atoms with van der Waals surface area (Å²) in [7, 11) is 1.94. The van der Waals surface area contributed by atoms with Gasteiger partial charge in [-0.05, 0) is 33.6 Å². The summed E-state index contributed by atoms with van der Waals surface area (Å²) in [4.78, 5) is 19.6. The van der Waals surface area contributed by atoms with Gasteiger partial charge in [0, 0.05) is 50.2 Å². The molecule has 136 valence electrons. The van der Waals surface area contributed by atoms with Crippen LogP contribution in [0.25, 0.3) is 0 Å². The SMILES string of the molecule is CCc1nccn1[C@H]1CCCN(C(=O)[C@H](C)c2c(C)nn(C)c2C)C1. The number of hydrogen-bond acceptors (Lipinski definition) is 3. The number of amides is 1. The minimum absolute atomic E-state index is 0.152. The van der Waals surface area contributed by atoms with Gasteiger partial charge in [0.15, 0.2) is 0 Å². The lowest BCUT2D eigenvalue weighted by atomic mass is 9.95. The van der Waals surface area contributed by atoms with Crippen molar-refractivity contribution in [1.29, 1.82) is 0 Å². The quantitative estimate of drug-likeness (QED) is 0.858. The van der Waals surface area contributed by atoms with Gasteiger partial charge in [-0.3, -0.25) is 9.48 Å². The van der Waals surface area contributed by atoms with Gasteiger partial charge < -0.3 is 9.47 Å². The van der Waals surface area contributed by atoms with E-state index in [1.807, 2.05) is 43.6 Å². The van der Waals surface area contributed by atoms with Crippen LogP contribution in [0.4, 0.5) is 0 Å². The van der Waals surface area contributed by atoms with Gasteiger partial charge in [-0.2, -0.15) is 5.10 Å². The Morgan fingerprint density at radius 1 is 1.40 bits per heavy atom. The van der Waals surface area contributed by atoms with E-state index in [2.05, 4.69) is 27.8 Å². The molecule has 6 nitrogen and oxygen atoms in total. The zero-order chi connectivity index (χ0) is 18.1. The summed E-state index contributed by atoms with van der Waals surface area (Å²) in [6.07, 6.45) is 6.98. The maximum absolute atomic E-state index is 13.1. The lowest BCUT2D eigenvalue weighted by Gasteiger charge is -2.35. The van der Waals surface area contributed by atoms with E-state index in [1.165, 1.54) is 0 Å². The van der Waals surface area contributed by atoms with E-state index in [0.29, 0.717) is 6.04 Å². The van der Waals surface area contributed by atoms with Crippen LogP contribution in [0.1, 0.15) is 61.4 Å². The van der Waals surface area contributed by atoms with Crippen LogP contribution >= 0.6 is 0 Å². The number of carbonyl (C=O) groups is 1. The maximum Gasteiger partial charge on any atom is 0.230 e. The second-order valence-electron chi connectivity index (χ2n) is 7.11. The van der Waals surface area contributed by atoms with E-state index < -0.39 is 0 Å². The number of carbonyl (C=O) groups excluding carboxylic acids is 1. The number of nitrogens with zero attached hydrogens (tertiary/aromatic N) is 5. The molecule has 2 atom stereocenters. The summed E-state index contributed by atoms with van der Waals surface area (Å²) in [5.74, 6) is 1.16. The number of piperidine rings is 1. The molecule has 1 amide bonds. The van der Waals surface area contributed by atoms with Crippen molar-refractivity contribution in [1.82, 2.24) is 24.2 Å². The van der Waals surface area contributed by atoms with E-state index in [1.54, 1.807) is 0 Å². The Kier molecular flexibility index (Phi) is 4.97. The van der Waals surface area contributed by atoms with Gasteiger partial charge in [-0.25, -0.2) is 4.98 Å². The van der Waals surface area contributed by atoms with E-state index in [4.69, 9.17) is 0 Å². The Morgan fingerprint density at radius 3 is 2.80 bits per heavy atom. The molecule has 0 radical (unpaired) electrons. The highest BCUT2D eigenvalue weighted by atomic mass is 16.2. The third-order valence-corrected chi connectivity index (χ3v) is 5.54. The summed E-state index contributed by atoms with van der Waals surface area (Å²) in [5.41, 5.74) is 3.11. The average Bonchev–Trinajstić information content (AvgIpc) is 3.18. The molecule has 1 saturated heterocycles. The molecule has 1 fully saturated rings. The average molecular weight is 343 g/mol. The molecule has 0 bridgehead atoms. The first-order valence-corrected chi connectivity index (χ1v) is 9.24. The normalized spacial score (nSPS) is 19.2. The molecule has 0 spiro atoms. The first-order valence-electron chi connectivity index (χ1n) is 9.24. The molecule has 25 heavy (non-hydrogen) atoms. The molecule has 1 aliphatic heterocycles. The molecule has 0 aliphatic carbocycles. The van der Waals surface area contributed by atoms with E-state index in [-0.39, 0.29) is 11.8 Å². The number of aromatic nitrogens is 4. The number of likely N-dealkylation sites (tertiary alicyclic amines) is 1. The molecule has 6 heteroatoms. The van der Waals surface area contributed by atoms with Crippen LogP contribution < -0.4 is 0 Å². The molecule has 2 aromatic heterocycles. The van der Waals surface area contributed by atoms with E-state index >= 15 is 0 Å². The second kappa shape index (κ2) is 7.02. The monoisotopic (exact) mass is 343 g/mol.